The van der Waals surface area contributed by atoms with E-state index in [0.29, 0.717) is 13.1 Å². The number of carboxylic acids is 1. The summed E-state index contributed by atoms with van der Waals surface area (Å²) in [5, 5.41) is 8.51. The van der Waals surface area contributed by atoms with Crippen molar-refractivity contribution >= 4 is 11.9 Å². The molecule has 12 heavy (non-hydrogen) atoms. The number of carboxylic acid groups (broad SMARTS) is 1. The minimum Gasteiger partial charge on any atom is -0.480 e. The molecule has 1 aliphatic rings. The smallest absolute Gasteiger partial charge is 0.320 e. The van der Waals surface area contributed by atoms with Crippen LogP contribution in [0.5, 0.6) is 0 Å². The fourth-order valence-corrected chi connectivity index (χ4v) is 1.20. The van der Waals surface area contributed by atoms with Gasteiger partial charge in [-0.25, -0.2) is 0 Å². The van der Waals surface area contributed by atoms with Gasteiger partial charge in [-0.3, -0.25) is 9.59 Å². The predicted molar refractivity (Wildman–Crippen MR) is 41.4 cm³/mol. The molecule has 1 atom stereocenters. The Morgan fingerprint density at radius 2 is 2.08 bits per heavy atom. The summed E-state index contributed by atoms with van der Waals surface area (Å²) in [6.45, 7) is 2.41. The summed E-state index contributed by atoms with van der Waals surface area (Å²) in [6.07, 6.45) is 0. The number of carbonyl (C=O) groups excluding carboxylic acids is 1. The molecule has 0 radical (unpaired) electrons. The Labute approximate surface area is 70.1 Å². The second-order valence-electron chi connectivity index (χ2n) is 3.05. The molecular weight excluding hydrogens is 160 g/mol. The van der Waals surface area contributed by atoms with Gasteiger partial charge in [-0.15, -0.1) is 0 Å². The average Bonchev–Trinajstić information content (AvgIpc) is 1.82. The Bertz CT molecular complexity index is 211. The molecule has 1 saturated heterocycles. The standard InChI is InChI=1S/C7H12N2O3/c1-4(10)9-2-5(3-9)6(8)7(11)12/h5-6H,2-3,8H2,1H3,(H,11,12)/t6-/m0/s1. The SMILES string of the molecule is CC(=O)N1CC([C@H](N)C(=O)O)C1. The maximum absolute atomic E-state index is 10.7. The highest BCUT2D eigenvalue weighted by Gasteiger charge is 2.36. The van der Waals surface area contributed by atoms with Gasteiger partial charge in [0.05, 0.1) is 0 Å². The number of hydrogen-bond acceptors (Lipinski definition) is 3. The van der Waals surface area contributed by atoms with Crippen molar-refractivity contribution in [2.45, 2.75) is 13.0 Å². The Balaban J connectivity index is 2.34. The Morgan fingerprint density at radius 3 is 2.42 bits per heavy atom. The zero-order valence-corrected chi connectivity index (χ0v) is 6.86. The van der Waals surface area contributed by atoms with Gasteiger partial charge in [0.2, 0.25) is 5.91 Å². The van der Waals surface area contributed by atoms with Gasteiger partial charge in [0.25, 0.3) is 0 Å². The highest BCUT2D eigenvalue weighted by Crippen LogP contribution is 2.17. The molecule has 1 aliphatic heterocycles. The molecule has 3 N–H and O–H groups in total. The van der Waals surface area contributed by atoms with E-state index >= 15 is 0 Å². The van der Waals surface area contributed by atoms with Crippen molar-refractivity contribution in [2.24, 2.45) is 11.7 Å². The van der Waals surface area contributed by atoms with Crippen LogP contribution < -0.4 is 5.73 Å². The maximum atomic E-state index is 10.7. The van der Waals surface area contributed by atoms with Crippen LogP contribution in [0.4, 0.5) is 0 Å². The molecule has 1 fully saturated rings. The third kappa shape index (κ3) is 1.55. The zero-order valence-electron chi connectivity index (χ0n) is 6.86. The first-order valence-corrected chi connectivity index (χ1v) is 3.76. The average molecular weight is 172 g/mol. The first-order valence-electron chi connectivity index (χ1n) is 3.76. The lowest BCUT2D eigenvalue weighted by Crippen LogP contribution is -2.58. The number of amides is 1. The molecule has 1 rings (SSSR count). The van der Waals surface area contributed by atoms with Gasteiger partial charge < -0.3 is 15.7 Å². The zero-order chi connectivity index (χ0) is 9.30. The summed E-state index contributed by atoms with van der Waals surface area (Å²) in [6, 6.07) is -0.833. The molecule has 68 valence electrons. The summed E-state index contributed by atoms with van der Waals surface area (Å²) in [4.78, 5) is 22.7. The molecule has 0 aromatic carbocycles. The van der Waals surface area contributed by atoms with Crippen LogP contribution in [-0.2, 0) is 9.59 Å². The van der Waals surface area contributed by atoms with E-state index in [0.717, 1.165) is 0 Å². The fourth-order valence-electron chi connectivity index (χ4n) is 1.20. The normalized spacial score (nSPS) is 20.0. The van der Waals surface area contributed by atoms with Crippen LogP contribution in [-0.4, -0.2) is 41.0 Å². The van der Waals surface area contributed by atoms with Gasteiger partial charge in [0.1, 0.15) is 6.04 Å². The first kappa shape index (κ1) is 8.99. The van der Waals surface area contributed by atoms with Gasteiger partial charge in [-0.2, -0.15) is 0 Å². The molecule has 0 aromatic rings. The number of rotatable bonds is 2. The molecule has 0 unspecified atom stereocenters. The van der Waals surface area contributed by atoms with Crippen LogP contribution in [0.2, 0.25) is 0 Å². The molecule has 0 aliphatic carbocycles. The number of nitrogens with two attached hydrogens (primary N) is 1. The van der Waals surface area contributed by atoms with Crippen LogP contribution >= 0.6 is 0 Å². The van der Waals surface area contributed by atoms with Crippen LogP contribution in [0.25, 0.3) is 0 Å². The molecule has 5 heteroatoms. The summed E-state index contributed by atoms with van der Waals surface area (Å²) in [5.74, 6) is -1.10. The highest BCUT2D eigenvalue weighted by atomic mass is 16.4. The van der Waals surface area contributed by atoms with Gasteiger partial charge in [0, 0.05) is 25.9 Å². The van der Waals surface area contributed by atoms with E-state index in [9.17, 15) is 9.59 Å². The van der Waals surface area contributed by atoms with Crippen molar-refractivity contribution in [1.82, 2.24) is 4.90 Å². The third-order valence-corrected chi connectivity index (χ3v) is 2.15. The van der Waals surface area contributed by atoms with E-state index in [2.05, 4.69) is 0 Å². The summed E-state index contributed by atoms with van der Waals surface area (Å²) in [7, 11) is 0. The van der Waals surface area contributed by atoms with Crippen molar-refractivity contribution < 1.29 is 14.7 Å². The van der Waals surface area contributed by atoms with Crippen LogP contribution in [0.1, 0.15) is 6.92 Å². The van der Waals surface area contributed by atoms with Gasteiger partial charge in [-0.05, 0) is 0 Å². The largest absolute Gasteiger partial charge is 0.480 e. The Morgan fingerprint density at radius 1 is 1.58 bits per heavy atom. The van der Waals surface area contributed by atoms with E-state index in [1.54, 1.807) is 4.90 Å². The van der Waals surface area contributed by atoms with Gasteiger partial charge in [0.15, 0.2) is 0 Å². The predicted octanol–water partition coefficient (Wildman–Crippen LogP) is -1.12. The number of nitrogens with zero attached hydrogens (tertiary/aromatic N) is 1. The summed E-state index contributed by atoms with van der Waals surface area (Å²) < 4.78 is 0. The van der Waals surface area contributed by atoms with Crippen molar-refractivity contribution in [2.75, 3.05) is 13.1 Å². The van der Waals surface area contributed by atoms with E-state index in [-0.39, 0.29) is 11.8 Å². The Hall–Kier alpha value is -1.10. The minimum atomic E-state index is -0.997. The van der Waals surface area contributed by atoms with Crippen molar-refractivity contribution in [1.29, 1.82) is 0 Å². The quantitative estimate of drug-likeness (QED) is 0.552. The summed E-state index contributed by atoms with van der Waals surface area (Å²) >= 11 is 0. The molecule has 1 heterocycles. The van der Waals surface area contributed by atoms with Crippen molar-refractivity contribution in [3.05, 3.63) is 0 Å². The number of aliphatic carboxylic acids is 1. The number of likely N-dealkylation sites (tertiary alicyclic amines) is 1. The second-order valence-corrected chi connectivity index (χ2v) is 3.05. The monoisotopic (exact) mass is 172 g/mol. The lowest BCUT2D eigenvalue weighted by molar-refractivity contribution is -0.146. The maximum Gasteiger partial charge on any atom is 0.320 e. The topological polar surface area (TPSA) is 83.6 Å². The number of carbonyl (C=O) groups is 2. The molecule has 1 amide bonds. The Kier molecular flexibility index (Phi) is 2.32. The van der Waals surface area contributed by atoms with E-state index in [1.807, 2.05) is 0 Å². The van der Waals surface area contributed by atoms with Gasteiger partial charge in [-0.1, -0.05) is 0 Å². The molecule has 0 spiro atoms. The molecule has 5 nitrogen and oxygen atoms in total. The van der Waals surface area contributed by atoms with E-state index in [4.69, 9.17) is 10.8 Å². The molecule has 0 bridgehead atoms. The van der Waals surface area contributed by atoms with E-state index < -0.39 is 12.0 Å². The lowest BCUT2D eigenvalue weighted by Gasteiger charge is -2.40. The second kappa shape index (κ2) is 3.10. The first-order chi connectivity index (χ1) is 5.52. The number of hydrogen-bond donors (Lipinski definition) is 2. The van der Waals surface area contributed by atoms with E-state index in [1.165, 1.54) is 6.92 Å². The van der Waals surface area contributed by atoms with Crippen molar-refractivity contribution in [3.63, 3.8) is 0 Å². The molecule has 0 saturated carbocycles. The lowest BCUT2D eigenvalue weighted by atomic mass is 9.92. The molecule has 0 aromatic heterocycles. The fraction of sp³-hybridized carbons (Fsp3) is 0.714. The van der Waals surface area contributed by atoms with Crippen LogP contribution in [0.15, 0.2) is 0 Å². The molecular formula is C7H12N2O3. The summed E-state index contributed by atoms with van der Waals surface area (Å²) in [5.41, 5.74) is 5.35. The highest BCUT2D eigenvalue weighted by molar-refractivity contribution is 5.76. The third-order valence-electron chi connectivity index (χ3n) is 2.15. The van der Waals surface area contributed by atoms with Gasteiger partial charge >= 0.3 is 5.97 Å². The van der Waals surface area contributed by atoms with Crippen LogP contribution in [0, 0.1) is 5.92 Å². The van der Waals surface area contributed by atoms with Crippen LogP contribution in [0.3, 0.4) is 0 Å². The minimum absolute atomic E-state index is 0.0242. The van der Waals surface area contributed by atoms with Crippen molar-refractivity contribution in [3.8, 4) is 0 Å².